The molecule has 0 amide bonds. The lowest BCUT2D eigenvalue weighted by atomic mass is 10.0. The third-order valence-electron chi connectivity index (χ3n) is 2.12. The van der Waals surface area contributed by atoms with Gasteiger partial charge in [-0.25, -0.2) is 4.79 Å². The van der Waals surface area contributed by atoms with E-state index < -0.39 is 23.3 Å². The molecule has 1 rings (SSSR count). The van der Waals surface area contributed by atoms with Crippen LogP contribution in [0.3, 0.4) is 0 Å². The molecule has 0 aliphatic heterocycles. The first kappa shape index (κ1) is 13.5. The molecule has 0 aromatic heterocycles. The summed E-state index contributed by atoms with van der Waals surface area (Å²) in [7, 11) is 0. The van der Waals surface area contributed by atoms with Gasteiger partial charge >= 0.3 is 12.1 Å². The smallest absolute Gasteiger partial charge is 0.417 e. The summed E-state index contributed by atoms with van der Waals surface area (Å²) in [5, 5.41) is 0. The van der Waals surface area contributed by atoms with Crippen LogP contribution in [0.4, 0.5) is 13.2 Å². The highest BCUT2D eigenvalue weighted by Gasteiger charge is 2.35. The quantitative estimate of drug-likeness (QED) is 0.834. The molecule has 0 bridgehead atoms. The van der Waals surface area contributed by atoms with Crippen LogP contribution in [0.25, 0.3) is 0 Å². The lowest BCUT2D eigenvalue weighted by Gasteiger charge is -2.13. The number of rotatable bonds is 3. The van der Waals surface area contributed by atoms with Crippen molar-refractivity contribution in [1.82, 2.24) is 0 Å². The zero-order valence-corrected chi connectivity index (χ0v) is 9.17. The fourth-order valence-electron chi connectivity index (χ4n) is 1.34. The van der Waals surface area contributed by atoms with E-state index in [2.05, 4.69) is 4.74 Å². The summed E-state index contributed by atoms with van der Waals surface area (Å²) in [6.45, 7) is 1.60. The third kappa shape index (κ3) is 3.20. The van der Waals surface area contributed by atoms with Gasteiger partial charge in [0, 0.05) is 6.54 Å². The monoisotopic (exact) mass is 247 g/mol. The van der Waals surface area contributed by atoms with Crippen LogP contribution in [-0.4, -0.2) is 12.6 Å². The molecule has 0 unspecified atom stereocenters. The minimum Gasteiger partial charge on any atom is -0.462 e. The number of halogens is 3. The van der Waals surface area contributed by atoms with Crippen LogP contribution in [0.5, 0.6) is 0 Å². The Bertz CT molecular complexity index is 416. The maximum atomic E-state index is 12.6. The Morgan fingerprint density at radius 1 is 1.41 bits per heavy atom. The minimum absolute atomic E-state index is 0.0168. The van der Waals surface area contributed by atoms with Crippen molar-refractivity contribution in [2.75, 3.05) is 6.61 Å². The molecule has 0 atom stereocenters. The first-order valence-electron chi connectivity index (χ1n) is 4.97. The van der Waals surface area contributed by atoms with Gasteiger partial charge in [0.2, 0.25) is 0 Å². The van der Waals surface area contributed by atoms with E-state index in [0.29, 0.717) is 5.56 Å². The van der Waals surface area contributed by atoms with Crippen LogP contribution >= 0.6 is 0 Å². The molecule has 0 aliphatic rings. The summed E-state index contributed by atoms with van der Waals surface area (Å²) in [5.74, 6) is -0.991. The van der Waals surface area contributed by atoms with E-state index in [9.17, 15) is 18.0 Å². The van der Waals surface area contributed by atoms with Crippen LogP contribution in [0, 0.1) is 0 Å². The second kappa shape index (κ2) is 5.18. The van der Waals surface area contributed by atoms with Gasteiger partial charge in [0.15, 0.2) is 0 Å². The van der Waals surface area contributed by atoms with Crippen LogP contribution in [0.2, 0.25) is 0 Å². The molecule has 17 heavy (non-hydrogen) atoms. The Morgan fingerprint density at radius 2 is 2.06 bits per heavy atom. The van der Waals surface area contributed by atoms with Crippen LogP contribution in [0.15, 0.2) is 18.2 Å². The second-order valence-corrected chi connectivity index (χ2v) is 3.30. The summed E-state index contributed by atoms with van der Waals surface area (Å²) in [5.41, 5.74) is 4.26. The molecule has 1 aromatic carbocycles. The molecule has 3 nitrogen and oxygen atoms in total. The van der Waals surface area contributed by atoms with Gasteiger partial charge in [-0.1, -0.05) is 6.07 Å². The number of alkyl halides is 3. The zero-order valence-electron chi connectivity index (χ0n) is 9.17. The summed E-state index contributed by atoms with van der Waals surface area (Å²) in [4.78, 5) is 11.4. The zero-order chi connectivity index (χ0) is 13.1. The summed E-state index contributed by atoms with van der Waals surface area (Å²) < 4.78 is 42.5. The number of ether oxygens (including phenoxy) is 1. The maximum Gasteiger partial charge on any atom is 0.417 e. The number of carbonyl (C=O) groups excluding carboxylic acids is 1. The average Bonchev–Trinajstić information content (AvgIpc) is 2.27. The number of esters is 1. The molecule has 0 radical (unpaired) electrons. The maximum absolute atomic E-state index is 12.6. The Morgan fingerprint density at radius 3 is 2.53 bits per heavy atom. The molecular formula is C11H12F3NO2. The van der Waals surface area contributed by atoms with E-state index in [1.165, 1.54) is 13.0 Å². The topological polar surface area (TPSA) is 52.3 Å². The van der Waals surface area contributed by atoms with E-state index in [0.717, 1.165) is 12.1 Å². The lowest BCUT2D eigenvalue weighted by Crippen LogP contribution is -2.16. The number of benzene rings is 1. The van der Waals surface area contributed by atoms with Crippen molar-refractivity contribution in [2.45, 2.75) is 19.6 Å². The summed E-state index contributed by atoms with van der Waals surface area (Å²) >= 11 is 0. The van der Waals surface area contributed by atoms with E-state index in [1.807, 2.05) is 0 Å². The SMILES string of the molecule is CCOC(=O)c1cc(CN)ccc1C(F)(F)F. The molecule has 0 spiro atoms. The average molecular weight is 247 g/mol. The largest absolute Gasteiger partial charge is 0.462 e. The molecule has 2 N–H and O–H groups in total. The molecule has 0 fully saturated rings. The molecule has 6 heteroatoms. The molecule has 0 heterocycles. The first-order valence-corrected chi connectivity index (χ1v) is 4.97. The molecule has 94 valence electrons. The third-order valence-corrected chi connectivity index (χ3v) is 2.12. The molecule has 1 aromatic rings. The molecule has 0 saturated heterocycles. The van der Waals surface area contributed by atoms with Gasteiger partial charge in [-0.3, -0.25) is 0 Å². The number of hydrogen-bond donors (Lipinski definition) is 1. The van der Waals surface area contributed by atoms with E-state index in [4.69, 9.17) is 5.73 Å². The summed E-state index contributed by atoms with van der Waals surface area (Å²) in [6, 6.07) is 3.20. The first-order chi connectivity index (χ1) is 7.90. The van der Waals surface area contributed by atoms with Gasteiger partial charge in [0.1, 0.15) is 0 Å². The van der Waals surface area contributed by atoms with Crippen molar-refractivity contribution < 1.29 is 22.7 Å². The Balaban J connectivity index is 3.26. The molecule has 0 aliphatic carbocycles. The number of nitrogens with two attached hydrogens (primary N) is 1. The minimum atomic E-state index is -4.59. The normalized spacial score (nSPS) is 11.4. The van der Waals surface area contributed by atoms with E-state index >= 15 is 0 Å². The summed E-state index contributed by atoms with van der Waals surface area (Å²) in [6.07, 6.45) is -4.59. The van der Waals surface area contributed by atoms with Crippen molar-refractivity contribution in [2.24, 2.45) is 5.73 Å². The van der Waals surface area contributed by atoms with Crippen LogP contribution in [0.1, 0.15) is 28.4 Å². The van der Waals surface area contributed by atoms with Gasteiger partial charge in [-0.2, -0.15) is 13.2 Å². The van der Waals surface area contributed by atoms with Gasteiger partial charge in [0.05, 0.1) is 17.7 Å². The highest BCUT2D eigenvalue weighted by Crippen LogP contribution is 2.32. The van der Waals surface area contributed by atoms with Crippen molar-refractivity contribution in [3.8, 4) is 0 Å². The van der Waals surface area contributed by atoms with Gasteiger partial charge in [0.25, 0.3) is 0 Å². The fourth-order valence-corrected chi connectivity index (χ4v) is 1.34. The highest BCUT2D eigenvalue weighted by atomic mass is 19.4. The van der Waals surface area contributed by atoms with Crippen molar-refractivity contribution in [1.29, 1.82) is 0 Å². The second-order valence-electron chi connectivity index (χ2n) is 3.30. The van der Waals surface area contributed by atoms with Crippen molar-refractivity contribution in [3.05, 3.63) is 34.9 Å². The Hall–Kier alpha value is -1.56. The predicted octanol–water partition coefficient (Wildman–Crippen LogP) is 2.34. The lowest BCUT2D eigenvalue weighted by molar-refractivity contribution is -0.138. The Labute approximate surface area is 96.4 Å². The molecule has 0 saturated carbocycles. The van der Waals surface area contributed by atoms with Crippen molar-refractivity contribution in [3.63, 3.8) is 0 Å². The highest BCUT2D eigenvalue weighted by molar-refractivity contribution is 5.91. The van der Waals surface area contributed by atoms with E-state index in [1.54, 1.807) is 0 Å². The Kier molecular flexibility index (Phi) is 4.11. The number of carbonyl (C=O) groups is 1. The van der Waals surface area contributed by atoms with Gasteiger partial charge < -0.3 is 10.5 Å². The molecular weight excluding hydrogens is 235 g/mol. The number of hydrogen-bond acceptors (Lipinski definition) is 3. The van der Waals surface area contributed by atoms with Crippen LogP contribution in [-0.2, 0) is 17.5 Å². The van der Waals surface area contributed by atoms with Crippen LogP contribution < -0.4 is 5.73 Å². The van der Waals surface area contributed by atoms with Gasteiger partial charge in [-0.15, -0.1) is 0 Å². The standard InChI is InChI=1S/C11H12F3NO2/c1-2-17-10(16)8-5-7(6-15)3-4-9(8)11(12,13)14/h3-5H,2,6,15H2,1H3. The predicted molar refractivity (Wildman–Crippen MR) is 55.3 cm³/mol. The van der Waals surface area contributed by atoms with Crippen molar-refractivity contribution >= 4 is 5.97 Å². The fraction of sp³-hybridized carbons (Fsp3) is 0.364. The van der Waals surface area contributed by atoms with E-state index in [-0.39, 0.29) is 13.2 Å². The van der Waals surface area contributed by atoms with Gasteiger partial charge in [-0.05, 0) is 24.6 Å².